The molecule has 7 heteroatoms. The van der Waals surface area contributed by atoms with Gasteiger partial charge in [0.15, 0.2) is 0 Å². The fraction of sp³-hybridized carbons (Fsp3) is 0.409. The molecule has 2 heterocycles. The minimum Gasteiger partial charge on any atom is -0.497 e. The minimum atomic E-state index is 0.0947. The number of hydrogen-bond donors (Lipinski definition) is 1. The predicted molar refractivity (Wildman–Crippen MR) is 111 cm³/mol. The Balaban J connectivity index is 1.27. The maximum absolute atomic E-state index is 12.7. The molecule has 1 saturated carbocycles. The van der Waals surface area contributed by atoms with Gasteiger partial charge in [-0.25, -0.2) is 4.98 Å². The highest BCUT2D eigenvalue weighted by Gasteiger charge is 2.29. The Morgan fingerprint density at radius 1 is 1.10 bits per heavy atom. The van der Waals surface area contributed by atoms with Gasteiger partial charge in [0.25, 0.3) is 0 Å². The van der Waals surface area contributed by atoms with E-state index in [0.29, 0.717) is 19.5 Å². The molecule has 1 aromatic heterocycles. The second kappa shape index (κ2) is 8.51. The molecule has 2 aromatic rings. The molecule has 29 heavy (non-hydrogen) atoms. The highest BCUT2D eigenvalue weighted by Crippen LogP contribution is 2.30. The van der Waals surface area contributed by atoms with Crippen molar-refractivity contribution < 1.29 is 14.3 Å². The number of carbonyl (C=O) groups is 2. The summed E-state index contributed by atoms with van der Waals surface area (Å²) in [5.74, 6) is 2.06. The van der Waals surface area contributed by atoms with Gasteiger partial charge >= 0.3 is 0 Å². The second-order valence-corrected chi connectivity index (χ2v) is 7.56. The first-order chi connectivity index (χ1) is 14.1. The molecule has 0 unspecified atom stereocenters. The Labute approximate surface area is 170 Å². The summed E-state index contributed by atoms with van der Waals surface area (Å²) < 4.78 is 5.26. The lowest BCUT2D eigenvalue weighted by atomic mass is 10.1. The normalized spacial score (nSPS) is 16.4. The fourth-order valence-corrected chi connectivity index (χ4v) is 3.47. The summed E-state index contributed by atoms with van der Waals surface area (Å²) in [6.07, 6.45) is 4.08. The van der Waals surface area contributed by atoms with Gasteiger partial charge in [-0.3, -0.25) is 9.59 Å². The number of benzene rings is 1. The lowest BCUT2D eigenvalue weighted by Crippen LogP contribution is -2.49. The topological polar surface area (TPSA) is 74.8 Å². The molecule has 2 aliphatic rings. The number of nitrogens with zero attached hydrogens (tertiary/aromatic N) is 3. The van der Waals surface area contributed by atoms with Gasteiger partial charge in [0.2, 0.25) is 11.8 Å². The van der Waals surface area contributed by atoms with Crippen LogP contribution in [-0.4, -0.2) is 55.0 Å². The van der Waals surface area contributed by atoms with Crippen molar-refractivity contribution in [2.75, 3.05) is 43.5 Å². The molecule has 1 saturated heterocycles. The van der Waals surface area contributed by atoms with Crippen LogP contribution in [0.2, 0.25) is 0 Å². The molecule has 4 rings (SSSR count). The molecule has 2 amide bonds. The van der Waals surface area contributed by atoms with Crippen LogP contribution < -0.4 is 15.0 Å². The zero-order chi connectivity index (χ0) is 20.2. The van der Waals surface area contributed by atoms with Gasteiger partial charge in [-0.2, -0.15) is 0 Å². The third-order valence-electron chi connectivity index (χ3n) is 5.43. The Morgan fingerprint density at radius 3 is 2.48 bits per heavy atom. The third-order valence-corrected chi connectivity index (χ3v) is 5.43. The van der Waals surface area contributed by atoms with Crippen molar-refractivity contribution in [2.24, 2.45) is 5.92 Å². The van der Waals surface area contributed by atoms with Crippen LogP contribution in [0, 0.1) is 5.92 Å². The zero-order valence-electron chi connectivity index (χ0n) is 16.6. The lowest BCUT2D eigenvalue weighted by Gasteiger charge is -2.35. The summed E-state index contributed by atoms with van der Waals surface area (Å²) in [5, 5.41) is 2.92. The fourth-order valence-electron chi connectivity index (χ4n) is 3.47. The largest absolute Gasteiger partial charge is 0.497 e. The summed E-state index contributed by atoms with van der Waals surface area (Å²) >= 11 is 0. The van der Waals surface area contributed by atoms with Crippen molar-refractivity contribution in [3.05, 3.63) is 48.2 Å². The molecule has 0 spiro atoms. The Bertz CT molecular complexity index is 872. The van der Waals surface area contributed by atoms with Crippen LogP contribution in [0.5, 0.6) is 5.75 Å². The van der Waals surface area contributed by atoms with Crippen LogP contribution in [-0.2, 0) is 16.0 Å². The van der Waals surface area contributed by atoms with E-state index in [1.54, 1.807) is 13.3 Å². The molecule has 152 valence electrons. The number of carbonyl (C=O) groups excluding carboxylic acids is 2. The first-order valence-corrected chi connectivity index (χ1v) is 10.0. The summed E-state index contributed by atoms with van der Waals surface area (Å²) in [5.41, 5.74) is 1.74. The summed E-state index contributed by atoms with van der Waals surface area (Å²) in [6, 6.07) is 11.3. The number of ether oxygens (including phenoxy) is 1. The number of anilines is 2. The number of aromatic nitrogens is 1. The average Bonchev–Trinajstić information content (AvgIpc) is 3.61. The summed E-state index contributed by atoms with van der Waals surface area (Å²) in [4.78, 5) is 33.0. The minimum absolute atomic E-state index is 0.0947. The highest BCUT2D eigenvalue weighted by atomic mass is 16.5. The van der Waals surface area contributed by atoms with E-state index < -0.39 is 0 Å². The molecule has 1 aliphatic carbocycles. The van der Waals surface area contributed by atoms with E-state index in [0.717, 1.165) is 48.7 Å². The van der Waals surface area contributed by atoms with Crippen LogP contribution in [0.4, 0.5) is 11.5 Å². The first-order valence-electron chi connectivity index (χ1n) is 10.0. The van der Waals surface area contributed by atoms with Crippen molar-refractivity contribution in [1.82, 2.24) is 9.88 Å². The van der Waals surface area contributed by atoms with E-state index in [1.807, 2.05) is 41.3 Å². The van der Waals surface area contributed by atoms with Crippen LogP contribution in [0.15, 0.2) is 42.6 Å². The Morgan fingerprint density at radius 2 is 1.83 bits per heavy atom. The van der Waals surface area contributed by atoms with Gasteiger partial charge in [-0.1, -0.05) is 12.1 Å². The highest BCUT2D eigenvalue weighted by molar-refractivity contribution is 5.94. The van der Waals surface area contributed by atoms with Gasteiger partial charge in [-0.05, 0) is 36.6 Å². The van der Waals surface area contributed by atoms with Gasteiger partial charge < -0.3 is 19.9 Å². The Hall–Kier alpha value is -3.09. The number of amides is 2. The summed E-state index contributed by atoms with van der Waals surface area (Å²) in [6.45, 7) is 2.84. The van der Waals surface area contributed by atoms with E-state index in [1.165, 1.54) is 0 Å². The second-order valence-electron chi connectivity index (χ2n) is 7.56. The molecule has 0 radical (unpaired) electrons. The molecular weight excluding hydrogens is 368 g/mol. The Kier molecular flexibility index (Phi) is 5.64. The van der Waals surface area contributed by atoms with Gasteiger partial charge in [0.05, 0.1) is 13.5 Å². The quantitative estimate of drug-likeness (QED) is 0.814. The average molecular weight is 394 g/mol. The molecule has 1 aromatic carbocycles. The van der Waals surface area contributed by atoms with Gasteiger partial charge in [0.1, 0.15) is 11.6 Å². The monoisotopic (exact) mass is 394 g/mol. The lowest BCUT2D eigenvalue weighted by molar-refractivity contribution is -0.130. The van der Waals surface area contributed by atoms with E-state index in [-0.39, 0.29) is 17.7 Å². The molecular formula is C22H26N4O3. The van der Waals surface area contributed by atoms with E-state index in [9.17, 15) is 9.59 Å². The number of pyridine rings is 1. The van der Waals surface area contributed by atoms with Crippen molar-refractivity contribution in [3.8, 4) is 5.75 Å². The predicted octanol–water partition coefficient (Wildman–Crippen LogP) is 2.33. The van der Waals surface area contributed by atoms with Crippen molar-refractivity contribution >= 4 is 23.3 Å². The van der Waals surface area contributed by atoms with Crippen LogP contribution >= 0.6 is 0 Å². The number of nitrogens with one attached hydrogen (secondary N) is 1. The van der Waals surface area contributed by atoms with Crippen molar-refractivity contribution in [1.29, 1.82) is 0 Å². The molecule has 7 nitrogen and oxygen atoms in total. The summed E-state index contributed by atoms with van der Waals surface area (Å²) in [7, 11) is 1.64. The zero-order valence-corrected chi connectivity index (χ0v) is 16.6. The van der Waals surface area contributed by atoms with Crippen LogP contribution in [0.1, 0.15) is 18.4 Å². The number of rotatable bonds is 6. The number of hydrogen-bond acceptors (Lipinski definition) is 5. The van der Waals surface area contributed by atoms with E-state index in [2.05, 4.69) is 15.2 Å². The number of piperazine rings is 1. The van der Waals surface area contributed by atoms with Gasteiger partial charge in [-0.15, -0.1) is 0 Å². The van der Waals surface area contributed by atoms with Gasteiger partial charge in [0, 0.05) is 50.0 Å². The van der Waals surface area contributed by atoms with Crippen LogP contribution in [0.25, 0.3) is 0 Å². The maximum Gasteiger partial charge on any atom is 0.227 e. The number of methoxy groups -OCH3 is 1. The van der Waals surface area contributed by atoms with E-state index >= 15 is 0 Å². The smallest absolute Gasteiger partial charge is 0.227 e. The maximum atomic E-state index is 12.7. The molecule has 1 aliphatic heterocycles. The van der Waals surface area contributed by atoms with Crippen LogP contribution in [0.3, 0.4) is 0 Å². The SMILES string of the molecule is COc1ccnc(N2CCN(C(=O)Cc3ccc(NC(=O)C4CC4)cc3)CC2)c1. The first kappa shape index (κ1) is 19.2. The standard InChI is InChI=1S/C22H26N4O3/c1-29-19-8-9-23-20(15-19)25-10-12-26(13-11-25)21(27)14-16-2-6-18(7-3-16)24-22(28)17-4-5-17/h2-3,6-9,15,17H,4-5,10-14H2,1H3,(H,24,28). The third kappa shape index (κ3) is 4.85. The molecule has 0 atom stereocenters. The van der Waals surface area contributed by atoms with Crippen molar-refractivity contribution in [2.45, 2.75) is 19.3 Å². The van der Waals surface area contributed by atoms with E-state index in [4.69, 9.17) is 4.74 Å². The molecule has 1 N–H and O–H groups in total. The molecule has 0 bridgehead atoms. The molecule has 2 fully saturated rings. The van der Waals surface area contributed by atoms with Crippen molar-refractivity contribution in [3.63, 3.8) is 0 Å².